The normalized spacial score (nSPS) is 18.0. The van der Waals surface area contributed by atoms with Gasteiger partial charge in [0.15, 0.2) is 9.84 Å². The molecule has 2 aliphatic rings. The number of hydrogen-bond acceptors (Lipinski definition) is 7. The van der Waals surface area contributed by atoms with E-state index in [0.717, 1.165) is 11.8 Å². The SMILES string of the molecule is CN1CCc2cccc(c2)[C@@H](Nc2ccc3c(N)ncc(F)c3c2)C(=O)N(C)Cc2cc(ccc2S(=O)(=O)C2CC2)NC1=O. The predicted molar refractivity (Wildman–Crippen MR) is 167 cm³/mol. The smallest absolute Gasteiger partial charge is 0.321 e. The van der Waals surface area contributed by atoms with Gasteiger partial charge in [-0.15, -0.1) is 0 Å². The van der Waals surface area contributed by atoms with E-state index in [2.05, 4.69) is 15.6 Å². The number of fused-ring (bicyclic) bond motifs is 5. The largest absolute Gasteiger partial charge is 0.383 e. The fourth-order valence-electron chi connectivity index (χ4n) is 5.49. The standard InChI is InChI=1S/C32H33FN6O4S/c1-38-13-12-19-4-3-5-20(14-19)29(36-23-6-10-25-26(16-23)27(33)17-35-30(25)34)31(40)39(2)18-21-15-22(37-32(38)41)7-11-28(21)44(42,43)24-8-9-24/h3-7,10-11,14-17,24,29,36H,8-9,12-13,18H2,1-2H3,(H2,34,35)(H,37,41)/t29-/m1/s1. The summed E-state index contributed by atoms with van der Waals surface area (Å²) in [6.07, 6.45) is 2.78. The summed E-state index contributed by atoms with van der Waals surface area (Å²) in [6.45, 7) is 0.383. The van der Waals surface area contributed by atoms with Gasteiger partial charge in [-0.2, -0.15) is 0 Å². The van der Waals surface area contributed by atoms with Gasteiger partial charge in [-0.25, -0.2) is 22.6 Å². The average molecular weight is 617 g/mol. The molecule has 1 saturated carbocycles. The van der Waals surface area contributed by atoms with Crippen LogP contribution in [0.4, 0.5) is 26.4 Å². The Hall–Kier alpha value is -4.71. The summed E-state index contributed by atoms with van der Waals surface area (Å²) < 4.78 is 41.4. The minimum absolute atomic E-state index is 0.0217. The van der Waals surface area contributed by atoms with Crippen LogP contribution in [0, 0.1) is 5.82 Å². The van der Waals surface area contributed by atoms with Crippen LogP contribution >= 0.6 is 0 Å². The molecule has 3 amide bonds. The summed E-state index contributed by atoms with van der Waals surface area (Å²) in [6, 6.07) is 16.0. The molecule has 1 aromatic heterocycles. The van der Waals surface area contributed by atoms with Crippen LogP contribution in [0.1, 0.15) is 35.6 Å². The molecule has 0 spiro atoms. The maximum Gasteiger partial charge on any atom is 0.321 e. The van der Waals surface area contributed by atoms with E-state index < -0.39 is 26.9 Å². The van der Waals surface area contributed by atoms with Gasteiger partial charge in [-0.1, -0.05) is 24.3 Å². The molecule has 3 aromatic carbocycles. The van der Waals surface area contributed by atoms with Crippen molar-refractivity contribution in [2.75, 3.05) is 37.0 Å². The zero-order valence-electron chi connectivity index (χ0n) is 24.4. The van der Waals surface area contributed by atoms with Crippen molar-refractivity contribution < 1.29 is 22.4 Å². The highest BCUT2D eigenvalue weighted by Crippen LogP contribution is 2.36. The molecule has 1 aliphatic carbocycles. The third-order valence-corrected chi connectivity index (χ3v) is 10.5. The van der Waals surface area contributed by atoms with Gasteiger partial charge in [-0.3, -0.25) is 4.79 Å². The Morgan fingerprint density at radius 2 is 1.80 bits per heavy atom. The molecule has 4 N–H and O–H groups in total. The highest BCUT2D eigenvalue weighted by Gasteiger charge is 2.38. The van der Waals surface area contributed by atoms with Crippen LogP contribution in [0.5, 0.6) is 0 Å². The maximum atomic E-state index is 14.7. The van der Waals surface area contributed by atoms with Crippen molar-refractivity contribution in [1.82, 2.24) is 14.8 Å². The van der Waals surface area contributed by atoms with E-state index in [9.17, 15) is 22.4 Å². The lowest BCUT2D eigenvalue weighted by Gasteiger charge is -2.27. The predicted octanol–water partition coefficient (Wildman–Crippen LogP) is 4.72. The van der Waals surface area contributed by atoms with Crippen molar-refractivity contribution in [1.29, 1.82) is 0 Å². The van der Waals surface area contributed by atoms with Crippen molar-refractivity contribution in [3.63, 3.8) is 0 Å². The fourth-order valence-corrected chi connectivity index (χ4v) is 7.35. The first-order valence-electron chi connectivity index (χ1n) is 14.3. The first-order valence-corrected chi connectivity index (χ1v) is 15.9. The van der Waals surface area contributed by atoms with Crippen LogP contribution in [-0.2, 0) is 27.6 Å². The number of sulfone groups is 1. The van der Waals surface area contributed by atoms with Crippen molar-refractivity contribution in [2.24, 2.45) is 0 Å². The van der Waals surface area contributed by atoms with Gasteiger partial charge in [-0.05, 0) is 72.4 Å². The van der Waals surface area contributed by atoms with E-state index in [-0.39, 0.29) is 34.6 Å². The lowest BCUT2D eigenvalue weighted by atomic mass is 10.00. The molecule has 0 radical (unpaired) electrons. The number of nitrogens with one attached hydrogen (secondary N) is 2. The van der Waals surface area contributed by atoms with Crippen LogP contribution in [-0.4, -0.2) is 61.0 Å². The van der Waals surface area contributed by atoms with E-state index in [4.69, 9.17) is 5.73 Å². The second-order valence-corrected chi connectivity index (χ2v) is 13.6. The number of rotatable bonds is 4. The molecule has 12 heteroatoms. The highest BCUT2D eigenvalue weighted by atomic mass is 32.2. The van der Waals surface area contributed by atoms with Gasteiger partial charge in [0.25, 0.3) is 0 Å². The van der Waals surface area contributed by atoms with E-state index in [1.807, 2.05) is 24.3 Å². The van der Waals surface area contributed by atoms with Gasteiger partial charge < -0.3 is 26.2 Å². The van der Waals surface area contributed by atoms with Crippen LogP contribution in [0.25, 0.3) is 10.8 Å². The molecule has 1 atom stereocenters. The second kappa shape index (κ2) is 11.4. The molecule has 0 unspecified atom stereocenters. The number of nitrogen functional groups attached to an aromatic ring is 1. The Morgan fingerprint density at radius 1 is 1.00 bits per heavy atom. The van der Waals surface area contributed by atoms with Crippen molar-refractivity contribution in [3.8, 4) is 0 Å². The molecule has 2 heterocycles. The summed E-state index contributed by atoms with van der Waals surface area (Å²) in [5, 5.41) is 6.41. The number of urea groups is 1. The minimum Gasteiger partial charge on any atom is -0.383 e. The summed E-state index contributed by atoms with van der Waals surface area (Å²) in [5.41, 5.74) is 8.87. The lowest BCUT2D eigenvalue weighted by molar-refractivity contribution is -0.131. The van der Waals surface area contributed by atoms with Gasteiger partial charge in [0.05, 0.1) is 16.3 Å². The number of pyridine rings is 1. The third kappa shape index (κ3) is 5.77. The summed E-state index contributed by atoms with van der Waals surface area (Å²) >= 11 is 0. The Morgan fingerprint density at radius 3 is 2.57 bits per heavy atom. The Labute approximate surface area is 255 Å². The molecule has 4 aromatic rings. The first kappa shape index (κ1) is 29.4. The lowest BCUT2D eigenvalue weighted by Crippen LogP contribution is -2.35. The Bertz CT molecular complexity index is 1900. The van der Waals surface area contributed by atoms with E-state index in [1.54, 1.807) is 49.3 Å². The number of likely N-dealkylation sites (N-methyl/N-ethyl adjacent to an activating group) is 2. The maximum absolute atomic E-state index is 14.7. The fraction of sp³-hybridized carbons (Fsp3) is 0.281. The monoisotopic (exact) mass is 616 g/mol. The molecular weight excluding hydrogens is 583 g/mol. The number of benzene rings is 3. The quantitative estimate of drug-likeness (QED) is 0.302. The molecule has 6 rings (SSSR count). The van der Waals surface area contributed by atoms with E-state index in [1.165, 1.54) is 11.0 Å². The van der Waals surface area contributed by atoms with Gasteiger partial charge in [0.2, 0.25) is 5.91 Å². The minimum atomic E-state index is -3.60. The molecule has 1 aliphatic heterocycles. The Balaban J connectivity index is 1.43. The van der Waals surface area contributed by atoms with Crippen LogP contribution in [0.15, 0.2) is 71.8 Å². The number of carbonyl (C=O) groups excluding carboxylic acids is 2. The van der Waals surface area contributed by atoms with Crippen LogP contribution in [0.3, 0.4) is 0 Å². The van der Waals surface area contributed by atoms with Gasteiger partial charge in [0, 0.05) is 49.3 Å². The summed E-state index contributed by atoms with van der Waals surface area (Å²) in [4.78, 5) is 34.2. The number of halogens is 1. The number of anilines is 3. The van der Waals surface area contributed by atoms with Crippen molar-refractivity contribution in [2.45, 2.75) is 42.0 Å². The van der Waals surface area contributed by atoms with E-state index >= 15 is 0 Å². The van der Waals surface area contributed by atoms with Gasteiger partial charge in [0.1, 0.15) is 17.7 Å². The number of nitrogens with two attached hydrogens (primary N) is 1. The number of carbonyl (C=O) groups is 2. The first-order chi connectivity index (χ1) is 21.0. The van der Waals surface area contributed by atoms with Crippen LogP contribution < -0.4 is 16.4 Å². The zero-order chi connectivity index (χ0) is 31.2. The highest BCUT2D eigenvalue weighted by molar-refractivity contribution is 7.92. The second-order valence-electron chi connectivity index (χ2n) is 11.4. The number of hydrogen-bond donors (Lipinski definition) is 3. The number of aromatic nitrogens is 1. The topological polar surface area (TPSA) is 138 Å². The molecular formula is C32H33FN6O4S. The molecule has 1 fully saturated rings. The van der Waals surface area contributed by atoms with Crippen LogP contribution in [0.2, 0.25) is 0 Å². The number of amides is 3. The molecule has 228 valence electrons. The van der Waals surface area contributed by atoms with Crippen molar-refractivity contribution >= 4 is 49.7 Å². The molecule has 10 nitrogen and oxygen atoms in total. The Kier molecular flexibility index (Phi) is 7.62. The van der Waals surface area contributed by atoms with Gasteiger partial charge >= 0.3 is 6.03 Å². The molecule has 4 bridgehead atoms. The number of nitrogens with zero attached hydrogens (tertiary/aromatic N) is 3. The summed E-state index contributed by atoms with van der Waals surface area (Å²) in [5.74, 6) is -0.669. The molecule has 0 saturated heterocycles. The van der Waals surface area contributed by atoms with Crippen molar-refractivity contribution in [3.05, 3.63) is 89.4 Å². The zero-order valence-corrected chi connectivity index (χ0v) is 25.2. The summed E-state index contributed by atoms with van der Waals surface area (Å²) in [7, 11) is -0.306. The van der Waals surface area contributed by atoms with E-state index in [0.29, 0.717) is 53.7 Å². The average Bonchev–Trinajstić information content (AvgIpc) is 3.87. The third-order valence-electron chi connectivity index (χ3n) is 8.16. The molecule has 44 heavy (non-hydrogen) atoms.